The van der Waals surface area contributed by atoms with E-state index in [1.807, 2.05) is 0 Å². The summed E-state index contributed by atoms with van der Waals surface area (Å²) in [6.45, 7) is 5.36. The average molecular weight is 347 g/mol. The van der Waals surface area contributed by atoms with Crippen LogP contribution in [0, 0.1) is 5.41 Å². The molecule has 106 valence electrons. The SMILES string of the molecule is CC1(C)CCCN(S(=O)(=O)c2ccc(N)cc2Br)C1. The lowest BCUT2D eigenvalue weighted by molar-refractivity contribution is 0.187. The van der Waals surface area contributed by atoms with Crippen LogP contribution in [0.5, 0.6) is 0 Å². The normalized spacial score (nSPS) is 20.4. The molecular weight excluding hydrogens is 328 g/mol. The molecule has 1 aliphatic rings. The van der Waals surface area contributed by atoms with E-state index in [-0.39, 0.29) is 5.41 Å². The zero-order chi connectivity index (χ0) is 14.3. The molecule has 6 heteroatoms. The zero-order valence-electron chi connectivity index (χ0n) is 11.2. The van der Waals surface area contributed by atoms with Crippen LogP contribution in [-0.2, 0) is 10.0 Å². The van der Waals surface area contributed by atoms with Crippen molar-refractivity contribution in [3.63, 3.8) is 0 Å². The Morgan fingerprint density at radius 2 is 2.05 bits per heavy atom. The van der Waals surface area contributed by atoms with Crippen LogP contribution in [0.4, 0.5) is 5.69 Å². The summed E-state index contributed by atoms with van der Waals surface area (Å²) in [5.74, 6) is 0. The van der Waals surface area contributed by atoms with Gasteiger partial charge in [-0.15, -0.1) is 0 Å². The number of piperidine rings is 1. The zero-order valence-corrected chi connectivity index (χ0v) is 13.6. The van der Waals surface area contributed by atoms with Gasteiger partial charge in [0, 0.05) is 23.2 Å². The lowest BCUT2D eigenvalue weighted by atomic mass is 9.85. The van der Waals surface area contributed by atoms with E-state index >= 15 is 0 Å². The Balaban J connectivity index is 2.37. The molecule has 1 saturated heterocycles. The van der Waals surface area contributed by atoms with Crippen molar-refractivity contribution < 1.29 is 8.42 Å². The minimum atomic E-state index is -3.45. The summed E-state index contributed by atoms with van der Waals surface area (Å²) >= 11 is 3.29. The first-order valence-electron chi connectivity index (χ1n) is 6.28. The number of nitrogens with two attached hydrogens (primary N) is 1. The number of sulfonamides is 1. The Morgan fingerprint density at radius 1 is 1.37 bits per heavy atom. The van der Waals surface area contributed by atoms with Gasteiger partial charge in [-0.25, -0.2) is 8.42 Å². The smallest absolute Gasteiger partial charge is 0.244 e. The van der Waals surface area contributed by atoms with Gasteiger partial charge in [-0.1, -0.05) is 13.8 Å². The molecular formula is C13H19BrN2O2S. The number of nitrogen functional groups attached to an aromatic ring is 1. The molecule has 1 aromatic rings. The van der Waals surface area contributed by atoms with Crippen molar-refractivity contribution in [2.75, 3.05) is 18.8 Å². The largest absolute Gasteiger partial charge is 0.399 e. The summed E-state index contributed by atoms with van der Waals surface area (Å²) in [5, 5.41) is 0. The second-order valence-electron chi connectivity index (χ2n) is 5.80. The molecule has 19 heavy (non-hydrogen) atoms. The third-order valence-electron chi connectivity index (χ3n) is 3.44. The van der Waals surface area contributed by atoms with Gasteiger partial charge >= 0.3 is 0 Å². The monoisotopic (exact) mass is 346 g/mol. The highest BCUT2D eigenvalue weighted by molar-refractivity contribution is 9.10. The average Bonchev–Trinajstić information content (AvgIpc) is 2.27. The molecule has 0 aliphatic carbocycles. The Bertz CT molecular complexity index is 584. The Labute approximate surface area is 123 Å². The van der Waals surface area contributed by atoms with Gasteiger partial charge < -0.3 is 5.73 Å². The molecule has 2 N–H and O–H groups in total. The van der Waals surface area contributed by atoms with Crippen LogP contribution in [0.1, 0.15) is 26.7 Å². The van der Waals surface area contributed by atoms with Gasteiger partial charge in [0.15, 0.2) is 0 Å². The number of halogens is 1. The molecule has 0 atom stereocenters. The fraction of sp³-hybridized carbons (Fsp3) is 0.538. The molecule has 1 aromatic carbocycles. The fourth-order valence-electron chi connectivity index (χ4n) is 2.44. The maximum absolute atomic E-state index is 12.7. The maximum atomic E-state index is 12.7. The molecule has 1 fully saturated rings. The van der Waals surface area contributed by atoms with Crippen LogP contribution in [0.2, 0.25) is 0 Å². The molecule has 0 unspecified atom stereocenters. The van der Waals surface area contributed by atoms with Crippen LogP contribution >= 0.6 is 15.9 Å². The van der Waals surface area contributed by atoms with Gasteiger partial charge in [-0.05, 0) is 52.4 Å². The number of hydrogen-bond donors (Lipinski definition) is 1. The quantitative estimate of drug-likeness (QED) is 0.837. The molecule has 0 saturated carbocycles. The van der Waals surface area contributed by atoms with E-state index in [1.165, 1.54) is 0 Å². The standard InChI is InChI=1S/C13H19BrN2O2S/c1-13(2)6-3-7-16(9-13)19(17,18)12-5-4-10(15)8-11(12)14/h4-5,8H,3,6-7,9,15H2,1-2H3. The first kappa shape index (κ1) is 14.8. The van der Waals surface area contributed by atoms with Gasteiger partial charge in [0.2, 0.25) is 10.0 Å². The highest BCUT2D eigenvalue weighted by Gasteiger charge is 2.34. The summed E-state index contributed by atoms with van der Waals surface area (Å²) in [5.41, 5.74) is 6.23. The van der Waals surface area contributed by atoms with E-state index in [1.54, 1.807) is 22.5 Å². The van der Waals surface area contributed by atoms with E-state index in [9.17, 15) is 8.42 Å². The van der Waals surface area contributed by atoms with Gasteiger partial charge in [0.25, 0.3) is 0 Å². The first-order valence-corrected chi connectivity index (χ1v) is 8.51. The van der Waals surface area contributed by atoms with Gasteiger partial charge in [-0.3, -0.25) is 0 Å². The number of rotatable bonds is 2. The molecule has 0 spiro atoms. The van der Waals surface area contributed by atoms with Crippen molar-refractivity contribution in [1.29, 1.82) is 0 Å². The van der Waals surface area contributed by atoms with Gasteiger partial charge in [0.05, 0.1) is 4.90 Å². The molecule has 1 heterocycles. The second kappa shape index (κ2) is 5.07. The van der Waals surface area contributed by atoms with E-state index in [2.05, 4.69) is 29.8 Å². The Hall–Kier alpha value is -0.590. The molecule has 0 aromatic heterocycles. The highest BCUT2D eigenvalue weighted by atomic mass is 79.9. The molecule has 4 nitrogen and oxygen atoms in total. The second-order valence-corrected chi connectivity index (χ2v) is 8.56. The Kier molecular flexibility index (Phi) is 3.95. The van der Waals surface area contributed by atoms with Gasteiger partial charge in [0.1, 0.15) is 0 Å². The predicted molar refractivity (Wildman–Crippen MR) is 80.3 cm³/mol. The van der Waals surface area contributed by atoms with Crippen LogP contribution in [0.25, 0.3) is 0 Å². The molecule has 2 rings (SSSR count). The maximum Gasteiger partial charge on any atom is 0.244 e. The predicted octanol–water partition coefficient (Wildman–Crippen LogP) is 2.84. The third kappa shape index (κ3) is 3.12. The van der Waals surface area contributed by atoms with Crippen molar-refractivity contribution in [1.82, 2.24) is 4.31 Å². The molecule has 1 aliphatic heterocycles. The van der Waals surface area contributed by atoms with Gasteiger partial charge in [-0.2, -0.15) is 4.31 Å². The first-order chi connectivity index (χ1) is 8.72. The minimum absolute atomic E-state index is 0.0333. The summed E-state index contributed by atoms with van der Waals surface area (Å²) in [7, 11) is -3.45. The van der Waals surface area contributed by atoms with E-state index in [4.69, 9.17) is 5.73 Å². The molecule has 0 bridgehead atoms. The van der Waals surface area contributed by atoms with E-state index in [0.29, 0.717) is 28.1 Å². The highest BCUT2D eigenvalue weighted by Crippen LogP contribution is 2.34. The van der Waals surface area contributed by atoms with Crippen molar-refractivity contribution in [3.05, 3.63) is 22.7 Å². The van der Waals surface area contributed by atoms with Crippen LogP contribution in [-0.4, -0.2) is 25.8 Å². The summed E-state index contributed by atoms with van der Waals surface area (Å²) in [4.78, 5) is 0.291. The van der Waals surface area contributed by atoms with Crippen LogP contribution in [0.3, 0.4) is 0 Å². The third-order valence-corrected chi connectivity index (χ3v) is 6.26. The summed E-state index contributed by atoms with van der Waals surface area (Å²) in [6, 6.07) is 4.81. The number of nitrogens with zero attached hydrogens (tertiary/aromatic N) is 1. The Morgan fingerprint density at radius 3 is 2.63 bits per heavy atom. The number of anilines is 1. The van der Waals surface area contributed by atoms with E-state index in [0.717, 1.165) is 12.8 Å². The van der Waals surface area contributed by atoms with Crippen molar-refractivity contribution in [3.8, 4) is 0 Å². The minimum Gasteiger partial charge on any atom is -0.399 e. The van der Waals surface area contributed by atoms with Crippen molar-refractivity contribution in [2.24, 2.45) is 5.41 Å². The van der Waals surface area contributed by atoms with Crippen molar-refractivity contribution in [2.45, 2.75) is 31.6 Å². The molecule has 0 radical (unpaired) electrons. The van der Waals surface area contributed by atoms with Crippen LogP contribution in [0.15, 0.2) is 27.6 Å². The van der Waals surface area contributed by atoms with E-state index < -0.39 is 10.0 Å². The lowest BCUT2D eigenvalue weighted by Gasteiger charge is -2.37. The number of benzene rings is 1. The summed E-state index contributed by atoms with van der Waals surface area (Å²) < 4.78 is 27.4. The molecule has 0 amide bonds. The number of hydrogen-bond acceptors (Lipinski definition) is 3. The topological polar surface area (TPSA) is 63.4 Å². The fourth-order valence-corrected chi connectivity index (χ4v) is 5.16. The van der Waals surface area contributed by atoms with Crippen molar-refractivity contribution >= 4 is 31.6 Å². The van der Waals surface area contributed by atoms with Crippen LogP contribution < -0.4 is 5.73 Å². The summed E-state index contributed by atoms with van der Waals surface area (Å²) in [6.07, 6.45) is 1.96. The lowest BCUT2D eigenvalue weighted by Crippen LogP contribution is -2.43.